The Morgan fingerprint density at radius 3 is 2.31 bits per heavy atom. The van der Waals surface area contributed by atoms with E-state index in [1.807, 2.05) is 0 Å². The summed E-state index contributed by atoms with van der Waals surface area (Å²) in [6.07, 6.45) is -0.131. The molecule has 0 heterocycles. The Hall–Kier alpha value is -0.660. The van der Waals surface area contributed by atoms with Gasteiger partial charge in [-0.2, -0.15) is 0 Å². The summed E-state index contributed by atoms with van der Waals surface area (Å²) >= 11 is 0. The molecule has 0 amide bonds. The number of nitrogens with two attached hydrogens (primary N) is 1. The van der Waals surface area contributed by atoms with E-state index in [1.54, 1.807) is 0 Å². The molecule has 0 aliphatic carbocycles. The molecule has 0 bridgehead atoms. The van der Waals surface area contributed by atoms with Gasteiger partial charge in [0.25, 0.3) is 0 Å². The normalized spacial score (nSPS) is 15.6. The second kappa shape index (κ2) is 5.90. The fourth-order valence-electron chi connectivity index (χ4n) is 0.852. The van der Waals surface area contributed by atoms with Crippen LogP contribution in [0, 0.1) is 0 Å². The minimum Gasteiger partial charge on any atom is -0.480 e. The van der Waals surface area contributed by atoms with Crippen molar-refractivity contribution >= 4 is 16.7 Å². The van der Waals surface area contributed by atoms with Gasteiger partial charge >= 0.3 is 5.97 Å². The molecule has 0 aliphatic heterocycles. The number of carboxylic acid groups (broad SMARTS) is 1. The minimum absolute atomic E-state index is 0.0275. The summed E-state index contributed by atoms with van der Waals surface area (Å²) in [5.74, 6) is -1.24. The topological polar surface area (TPSA) is 118 Å². The molecule has 2 atom stereocenters. The van der Waals surface area contributed by atoms with Crippen LogP contribution in [0.15, 0.2) is 0 Å². The van der Waals surface area contributed by atoms with Gasteiger partial charge in [-0.3, -0.25) is 4.79 Å². The van der Waals surface area contributed by atoms with E-state index in [2.05, 4.69) is 0 Å². The van der Waals surface area contributed by atoms with Crippen molar-refractivity contribution in [2.45, 2.75) is 24.1 Å². The summed E-state index contributed by atoms with van der Waals surface area (Å²) in [5.41, 5.74) is 5.14. The number of carboxylic acids is 1. The van der Waals surface area contributed by atoms with E-state index in [0.717, 1.165) is 0 Å². The molecule has 0 fully saturated rings. The number of carbonyl (C=O) groups is 1. The third kappa shape index (κ3) is 4.81. The van der Waals surface area contributed by atoms with Crippen LogP contribution in [0.2, 0.25) is 0 Å². The van der Waals surface area contributed by atoms with Gasteiger partial charge in [0.05, 0.1) is 5.25 Å². The molecule has 6 nitrogen and oxygen atoms in total. The fraction of sp³-hybridized carbons (Fsp3) is 0.833. The van der Waals surface area contributed by atoms with Crippen molar-refractivity contribution in [1.29, 1.82) is 0 Å². The molecule has 0 aliphatic rings. The Morgan fingerprint density at radius 2 is 2.00 bits per heavy atom. The standard InChI is InChI=1S/C6H13NO5S/c7-5(6(9)10)3-4(1-2-8)13(11)12/h4-5,8,13H,1-3,7H2,(H,9,10)/t4?,5-/m1/s1. The summed E-state index contributed by atoms with van der Waals surface area (Å²) in [5, 5.41) is 16.0. The van der Waals surface area contributed by atoms with Crippen molar-refractivity contribution in [2.75, 3.05) is 6.61 Å². The zero-order valence-electron chi connectivity index (χ0n) is 6.92. The number of hydrogen-bond acceptors (Lipinski definition) is 5. The van der Waals surface area contributed by atoms with Gasteiger partial charge < -0.3 is 15.9 Å². The second-order valence-electron chi connectivity index (χ2n) is 2.63. The zero-order valence-corrected chi connectivity index (χ0v) is 7.81. The average Bonchev–Trinajstić information content (AvgIpc) is 2.03. The molecule has 78 valence electrons. The quantitative estimate of drug-likeness (QED) is 0.383. The van der Waals surface area contributed by atoms with Crippen LogP contribution in [-0.4, -0.2) is 42.5 Å². The Labute approximate surface area is 77.3 Å². The molecular formula is C6H13NO5S. The molecule has 0 aromatic heterocycles. The first-order valence-corrected chi connectivity index (χ1v) is 4.96. The summed E-state index contributed by atoms with van der Waals surface area (Å²) in [6.45, 7) is -0.291. The van der Waals surface area contributed by atoms with E-state index < -0.39 is 28.0 Å². The van der Waals surface area contributed by atoms with E-state index in [-0.39, 0.29) is 19.4 Å². The van der Waals surface area contributed by atoms with Crippen molar-refractivity contribution in [2.24, 2.45) is 5.73 Å². The molecule has 0 saturated carbocycles. The van der Waals surface area contributed by atoms with Crippen LogP contribution in [0.25, 0.3) is 0 Å². The van der Waals surface area contributed by atoms with E-state index in [0.29, 0.717) is 0 Å². The van der Waals surface area contributed by atoms with Gasteiger partial charge in [0.15, 0.2) is 0 Å². The maximum atomic E-state index is 10.5. The first kappa shape index (κ1) is 12.3. The largest absolute Gasteiger partial charge is 0.480 e. The highest BCUT2D eigenvalue weighted by atomic mass is 32.2. The predicted molar refractivity (Wildman–Crippen MR) is 46.0 cm³/mol. The third-order valence-electron chi connectivity index (χ3n) is 1.60. The molecular weight excluding hydrogens is 198 g/mol. The molecule has 0 saturated heterocycles. The minimum atomic E-state index is -2.73. The zero-order chi connectivity index (χ0) is 10.4. The van der Waals surface area contributed by atoms with Crippen molar-refractivity contribution in [3.63, 3.8) is 0 Å². The van der Waals surface area contributed by atoms with Gasteiger partial charge in [0.2, 0.25) is 0 Å². The number of aliphatic hydroxyl groups excluding tert-OH is 1. The van der Waals surface area contributed by atoms with E-state index in [1.165, 1.54) is 0 Å². The van der Waals surface area contributed by atoms with Crippen LogP contribution in [0.3, 0.4) is 0 Å². The fourth-order valence-corrected chi connectivity index (χ4v) is 1.58. The van der Waals surface area contributed by atoms with Gasteiger partial charge in [-0.25, -0.2) is 8.42 Å². The number of thiol groups is 1. The predicted octanol–water partition coefficient (Wildman–Crippen LogP) is -1.85. The average molecular weight is 211 g/mol. The Kier molecular flexibility index (Phi) is 5.60. The molecule has 0 aromatic rings. The summed E-state index contributed by atoms with van der Waals surface area (Å²) in [6, 6.07) is -1.19. The monoisotopic (exact) mass is 211 g/mol. The molecule has 7 heteroatoms. The number of aliphatic hydroxyl groups is 1. The summed E-state index contributed by atoms with van der Waals surface area (Å²) in [7, 11) is -2.73. The highest BCUT2D eigenvalue weighted by Gasteiger charge is 2.20. The highest BCUT2D eigenvalue weighted by Crippen LogP contribution is 2.04. The first-order valence-electron chi connectivity index (χ1n) is 3.71. The maximum absolute atomic E-state index is 10.5. The van der Waals surface area contributed by atoms with E-state index in [4.69, 9.17) is 15.9 Å². The SMILES string of the molecule is N[C@H](CC(CCO)[SH](=O)=O)C(=O)O. The van der Waals surface area contributed by atoms with Crippen LogP contribution < -0.4 is 5.73 Å². The molecule has 13 heavy (non-hydrogen) atoms. The van der Waals surface area contributed by atoms with Crippen LogP contribution in [0.4, 0.5) is 0 Å². The van der Waals surface area contributed by atoms with Crippen molar-refractivity contribution in [1.82, 2.24) is 0 Å². The summed E-state index contributed by atoms with van der Waals surface area (Å²) in [4.78, 5) is 10.3. The number of aliphatic carboxylic acids is 1. The Morgan fingerprint density at radius 1 is 1.46 bits per heavy atom. The molecule has 0 aromatic carbocycles. The first-order chi connectivity index (χ1) is 5.99. The molecule has 0 rings (SSSR count). The molecule has 0 spiro atoms. The molecule has 1 unspecified atom stereocenters. The summed E-state index contributed by atoms with van der Waals surface area (Å²) < 4.78 is 21.0. The van der Waals surface area contributed by atoms with E-state index >= 15 is 0 Å². The lowest BCUT2D eigenvalue weighted by Crippen LogP contribution is -2.34. The van der Waals surface area contributed by atoms with Gasteiger partial charge in [-0.05, 0) is 12.8 Å². The van der Waals surface area contributed by atoms with Crippen LogP contribution in [-0.2, 0) is 15.5 Å². The lowest BCUT2D eigenvalue weighted by molar-refractivity contribution is -0.138. The molecule has 0 radical (unpaired) electrons. The molecule has 4 N–H and O–H groups in total. The third-order valence-corrected chi connectivity index (χ3v) is 2.67. The lowest BCUT2D eigenvalue weighted by atomic mass is 10.1. The lowest BCUT2D eigenvalue weighted by Gasteiger charge is -2.11. The smallest absolute Gasteiger partial charge is 0.320 e. The Balaban J connectivity index is 4.17. The van der Waals surface area contributed by atoms with Gasteiger partial charge in [-0.1, -0.05) is 0 Å². The van der Waals surface area contributed by atoms with Crippen LogP contribution in [0.5, 0.6) is 0 Å². The van der Waals surface area contributed by atoms with Gasteiger partial charge in [0, 0.05) is 6.61 Å². The van der Waals surface area contributed by atoms with Gasteiger partial charge in [0.1, 0.15) is 16.7 Å². The van der Waals surface area contributed by atoms with Crippen molar-refractivity contribution < 1.29 is 23.4 Å². The Bertz CT molecular complexity index is 231. The van der Waals surface area contributed by atoms with Crippen LogP contribution in [0.1, 0.15) is 12.8 Å². The van der Waals surface area contributed by atoms with Gasteiger partial charge in [-0.15, -0.1) is 0 Å². The highest BCUT2D eigenvalue weighted by molar-refractivity contribution is 7.73. The van der Waals surface area contributed by atoms with Crippen LogP contribution >= 0.6 is 0 Å². The van der Waals surface area contributed by atoms with Crippen molar-refractivity contribution in [3.05, 3.63) is 0 Å². The number of hydrogen-bond donors (Lipinski definition) is 4. The maximum Gasteiger partial charge on any atom is 0.320 e. The number of rotatable bonds is 6. The van der Waals surface area contributed by atoms with E-state index in [9.17, 15) is 13.2 Å². The second-order valence-corrected chi connectivity index (χ2v) is 3.93. The van der Waals surface area contributed by atoms with Crippen molar-refractivity contribution in [3.8, 4) is 0 Å².